The fourth-order valence-electron chi connectivity index (χ4n) is 3.17. The van der Waals surface area contributed by atoms with Crippen molar-refractivity contribution in [2.24, 2.45) is 5.92 Å². The molecule has 0 fully saturated rings. The Morgan fingerprint density at radius 1 is 1.31 bits per heavy atom. The number of amides is 1. The normalized spacial score (nSPS) is 15.3. The van der Waals surface area contributed by atoms with Crippen LogP contribution in [0.25, 0.3) is 0 Å². The lowest BCUT2D eigenvalue weighted by Gasteiger charge is -2.18. The number of anilines is 1. The highest BCUT2D eigenvalue weighted by atomic mass is 35.5. The van der Waals surface area contributed by atoms with Crippen molar-refractivity contribution in [1.29, 1.82) is 0 Å². The maximum absolute atomic E-state index is 12.5. The van der Waals surface area contributed by atoms with Crippen LogP contribution in [-0.4, -0.2) is 36.0 Å². The number of nitrogens with zero attached hydrogens (tertiary/aromatic N) is 1. The Bertz CT molecular complexity index is 943. The van der Waals surface area contributed by atoms with E-state index < -0.39 is 24.5 Å². The number of fused-ring (bicyclic) bond motifs is 1. The molecule has 0 saturated carbocycles. The first kappa shape index (κ1) is 21.3. The predicted molar refractivity (Wildman–Crippen MR) is 110 cm³/mol. The zero-order chi connectivity index (χ0) is 21.0. The molecule has 0 aromatic carbocycles. The van der Waals surface area contributed by atoms with Gasteiger partial charge in [0, 0.05) is 11.1 Å². The Labute approximate surface area is 177 Å². The van der Waals surface area contributed by atoms with Crippen LogP contribution in [0.3, 0.4) is 0 Å². The van der Waals surface area contributed by atoms with Crippen molar-refractivity contribution in [3.63, 3.8) is 0 Å². The highest BCUT2D eigenvalue weighted by molar-refractivity contribution is 7.17. The molecular weight excluding hydrogens is 416 g/mol. The Morgan fingerprint density at radius 2 is 2.10 bits per heavy atom. The van der Waals surface area contributed by atoms with E-state index in [1.807, 2.05) is 0 Å². The number of hydrogen-bond acceptors (Lipinski definition) is 7. The summed E-state index contributed by atoms with van der Waals surface area (Å²) in [6.45, 7) is 3.63. The van der Waals surface area contributed by atoms with Gasteiger partial charge in [0.1, 0.15) is 10.2 Å². The topological polar surface area (TPSA) is 94.6 Å². The molecule has 7 nitrogen and oxygen atoms in total. The van der Waals surface area contributed by atoms with Crippen LogP contribution in [0.2, 0.25) is 5.15 Å². The molecule has 2 aromatic heterocycles. The summed E-state index contributed by atoms with van der Waals surface area (Å²) in [6.07, 6.45) is 4.05. The largest absolute Gasteiger partial charge is 0.462 e. The van der Waals surface area contributed by atoms with Crippen LogP contribution >= 0.6 is 22.9 Å². The fourth-order valence-corrected chi connectivity index (χ4v) is 4.78. The third-order valence-corrected chi connectivity index (χ3v) is 6.03. The molecule has 0 aliphatic heterocycles. The number of rotatable bonds is 6. The number of halogens is 1. The van der Waals surface area contributed by atoms with Gasteiger partial charge >= 0.3 is 11.9 Å². The summed E-state index contributed by atoms with van der Waals surface area (Å²) >= 11 is 7.23. The summed E-state index contributed by atoms with van der Waals surface area (Å²) in [5.74, 6) is -1.22. The number of ether oxygens (including phenoxy) is 2. The number of carbonyl (C=O) groups excluding carboxylic acids is 3. The van der Waals surface area contributed by atoms with Gasteiger partial charge in [0.15, 0.2) is 6.61 Å². The lowest BCUT2D eigenvalue weighted by Crippen LogP contribution is -2.22. The highest BCUT2D eigenvalue weighted by Gasteiger charge is 2.29. The minimum absolute atomic E-state index is 0.00237. The summed E-state index contributed by atoms with van der Waals surface area (Å²) in [5.41, 5.74) is 1.43. The van der Waals surface area contributed by atoms with Crippen LogP contribution in [0, 0.1) is 5.92 Å². The second-order valence-electron chi connectivity index (χ2n) is 6.74. The fraction of sp³-hybridized carbons (Fsp3) is 0.400. The molecule has 1 atom stereocenters. The SMILES string of the molecule is CCOC(=O)c1c(NC(=O)COC(=O)c2cccnc2Cl)sc2c1CC[C@@H](C)C2. The summed E-state index contributed by atoms with van der Waals surface area (Å²) in [7, 11) is 0. The molecule has 3 rings (SSSR count). The average Bonchev–Trinajstić information content (AvgIpc) is 3.03. The van der Waals surface area contributed by atoms with Crippen LogP contribution in [0.1, 0.15) is 51.4 Å². The van der Waals surface area contributed by atoms with E-state index >= 15 is 0 Å². The van der Waals surface area contributed by atoms with Crippen molar-refractivity contribution < 1.29 is 23.9 Å². The van der Waals surface area contributed by atoms with E-state index in [0.717, 1.165) is 29.7 Å². The van der Waals surface area contributed by atoms with Crippen LogP contribution in [-0.2, 0) is 27.1 Å². The molecule has 1 aliphatic carbocycles. The molecule has 1 amide bonds. The number of esters is 2. The molecule has 154 valence electrons. The van der Waals surface area contributed by atoms with E-state index in [9.17, 15) is 14.4 Å². The van der Waals surface area contributed by atoms with Gasteiger partial charge in [0.25, 0.3) is 5.91 Å². The number of pyridine rings is 1. The second kappa shape index (κ2) is 9.37. The monoisotopic (exact) mass is 436 g/mol. The van der Waals surface area contributed by atoms with Crippen LogP contribution in [0.4, 0.5) is 5.00 Å². The number of nitrogens with one attached hydrogen (secondary N) is 1. The number of carbonyl (C=O) groups is 3. The first-order chi connectivity index (χ1) is 13.9. The average molecular weight is 437 g/mol. The lowest BCUT2D eigenvalue weighted by molar-refractivity contribution is -0.119. The quantitative estimate of drug-likeness (QED) is 0.545. The van der Waals surface area contributed by atoms with Crippen molar-refractivity contribution in [2.75, 3.05) is 18.5 Å². The first-order valence-electron chi connectivity index (χ1n) is 9.29. The maximum atomic E-state index is 12.5. The van der Waals surface area contributed by atoms with E-state index in [1.165, 1.54) is 23.6 Å². The molecular formula is C20H21ClN2O5S. The Balaban J connectivity index is 1.72. The number of hydrogen-bond donors (Lipinski definition) is 1. The molecule has 2 aromatic rings. The van der Waals surface area contributed by atoms with Crippen molar-refractivity contribution in [1.82, 2.24) is 4.98 Å². The van der Waals surface area contributed by atoms with E-state index in [4.69, 9.17) is 21.1 Å². The Kier molecular flexibility index (Phi) is 6.87. The lowest BCUT2D eigenvalue weighted by atomic mass is 9.88. The van der Waals surface area contributed by atoms with E-state index in [0.29, 0.717) is 16.5 Å². The molecule has 9 heteroatoms. The van der Waals surface area contributed by atoms with E-state index in [1.54, 1.807) is 13.0 Å². The minimum atomic E-state index is -0.747. The predicted octanol–water partition coefficient (Wildman–Crippen LogP) is 3.89. The van der Waals surface area contributed by atoms with Gasteiger partial charge in [-0.2, -0.15) is 0 Å². The zero-order valence-corrected chi connectivity index (χ0v) is 17.7. The number of aromatic nitrogens is 1. The molecule has 1 N–H and O–H groups in total. The molecule has 1 aliphatic rings. The standard InChI is InChI=1S/C20H21ClN2O5S/c1-3-27-20(26)16-12-7-6-11(2)9-14(12)29-18(16)23-15(24)10-28-19(25)13-5-4-8-22-17(13)21/h4-5,8,11H,3,6-7,9-10H2,1-2H3,(H,23,24)/t11-/m1/s1. The summed E-state index contributed by atoms with van der Waals surface area (Å²) in [5, 5.41) is 3.13. The van der Waals surface area contributed by atoms with Crippen LogP contribution in [0.15, 0.2) is 18.3 Å². The van der Waals surface area contributed by atoms with Gasteiger partial charge in [-0.3, -0.25) is 4.79 Å². The van der Waals surface area contributed by atoms with Crippen LogP contribution < -0.4 is 5.32 Å². The molecule has 0 radical (unpaired) electrons. The van der Waals surface area contributed by atoms with Gasteiger partial charge in [-0.05, 0) is 49.8 Å². The third kappa shape index (κ3) is 4.94. The third-order valence-electron chi connectivity index (χ3n) is 4.56. The summed E-state index contributed by atoms with van der Waals surface area (Å²) in [6, 6.07) is 3.01. The van der Waals surface area contributed by atoms with Crippen molar-refractivity contribution in [2.45, 2.75) is 33.1 Å². The molecule has 0 bridgehead atoms. The van der Waals surface area contributed by atoms with Crippen molar-refractivity contribution in [3.05, 3.63) is 45.1 Å². The molecule has 0 unspecified atom stereocenters. The van der Waals surface area contributed by atoms with Gasteiger partial charge < -0.3 is 14.8 Å². The summed E-state index contributed by atoms with van der Waals surface area (Å²) < 4.78 is 10.2. The zero-order valence-electron chi connectivity index (χ0n) is 16.1. The molecule has 2 heterocycles. The van der Waals surface area contributed by atoms with E-state index in [2.05, 4.69) is 17.2 Å². The second-order valence-corrected chi connectivity index (χ2v) is 8.21. The highest BCUT2D eigenvalue weighted by Crippen LogP contribution is 2.40. The van der Waals surface area contributed by atoms with Gasteiger partial charge in [-0.15, -0.1) is 11.3 Å². The Morgan fingerprint density at radius 3 is 2.83 bits per heavy atom. The van der Waals surface area contributed by atoms with Crippen molar-refractivity contribution >= 4 is 45.8 Å². The van der Waals surface area contributed by atoms with E-state index in [-0.39, 0.29) is 17.3 Å². The van der Waals surface area contributed by atoms with Gasteiger partial charge in [0.05, 0.1) is 17.7 Å². The van der Waals surface area contributed by atoms with Gasteiger partial charge in [-0.25, -0.2) is 14.6 Å². The minimum Gasteiger partial charge on any atom is -0.462 e. The smallest absolute Gasteiger partial charge is 0.341 e. The van der Waals surface area contributed by atoms with Gasteiger partial charge in [0.2, 0.25) is 0 Å². The number of thiophene rings is 1. The molecule has 29 heavy (non-hydrogen) atoms. The van der Waals surface area contributed by atoms with Gasteiger partial charge in [-0.1, -0.05) is 18.5 Å². The Hall–Kier alpha value is -2.45. The van der Waals surface area contributed by atoms with Crippen molar-refractivity contribution in [3.8, 4) is 0 Å². The summed E-state index contributed by atoms with van der Waals surface area (Å²) in [4.78, 5) is 41.8. The first-order valence-corrected chi connectivity index (χ1v) is 10.5. The van der Waals surface area contributed by atoms with Crippen LogP contribution in [0.5, 0.6) is 0 Å². The molecule has 0 spiro atoms. The maximum Gasteiger partial charge on any atom is 0.341 e. The molecule has 0 saturated heterocycles.